The second kappa shape index (κ2) is 9.15. The number of urea groups is 1. The smallest absolute Gasteiger partial charge is 0.345 e. The lowest BCUT2D eigenvalue weighted by atomic mass is 9.82. The maximum Gasteiger partial charge on any atom is 0.416 e. The van der Waals surface area contributed by atoms with Crippen molar-refractivity contribution in [3.8, 4) is 6.07 Å². The summed E-state index contributed by atoms with van der Waals surface area (Å²) in [5.41, 5.74) is 0.462. The van der Waals surface area contributed by atoms with Crippen molar-refractivity contribution in [3.63, 3.8) is 0 Å². The number of nitriles is 1. The van der Waals surface area contributed by atoms with Gasteiger partial charge < -0.3 is 9.80 Å². The number of carbonyl (C=O) groups excluding carboxylic acids is 3. The minimum atomic E-state index is -4.60. The van der Waals surface area contributed by atoms with E-state index >= 15 is 0 Å². The molecule has 4 rings (SSSR count). The number of Topliss-reactive ketones (excluding diaryl/α,β-unsaturated/α-hetero) is 1. The van der Waals surface area contributed by atoms with Gasteiger partial charge in [-0.3, -0.25) is 14.5 Å². The molecule has 1 atom stereocenters. The average molecular weight is 496 g/mol. The first-order valence-electron chi connectivity index (χ1n) is 11.2. The standard InChI is InChI=1S/C26H23F3N4O3/c1-31(2)24(35)19-12-15(14-30)10-11-18(19)23-22-20(8-5-9-21(22)34)33(25(36)32(23)3)17-7-4-6-16(13-17)26(27,28)29/h4,6-7,10-13,23H,5,8-9H2,1-3H3. The van der Waals surface area contributed by atoms with Crippen molar-refractivity contribution in [1.29, 1.82) is 5.26 Å². The first-order valence-corrected chi connectivity index (χ1v) is 11.2. The Morgan fingerprint density at radius 1 is 1.11 bits per heavy atom. The van der Waals surface area contributed by atoms with Gasteiger partial charge in [-0.2, -0.15) is 18.4 Å². The van der Waals surface area contributed by atoms with Crippen molar-refractivity contribution < 1.29 is 27.6 Å². The number of amides is 3. The van der Waals surface area contributed by atoms with E-state index in [1.807, 2.05) is 6.07 Å². The highest BCUT2D eigenvalue weighted by Gasteiger charge is 2.44. The number of benzene rings is 2. The third kappa shape index (κ3) is 4.21. The summed E-state index contributed by atoms with van der Waals surface area (Å²) >= 11 is 0. The Labute approximate surface area is 206 Å². The fourth-order valence-corrected chi connectivity index (χ4v) is 4.71. The number of halogens is 3. The molecule has 1 aliphatic carbocycles. The van der Waals surface area contributed by atoms with Gasteiger partial charge in [-0.15, -0.1) is 0 Å². The van der Waals surface area contributed by atoms with Gasteiger partial charge in [0.1, 0.15) is 0 Å². The second-order valence-electron chi connectivity index (χ2n) is 8.93. The summed E-state index contributed by atoms with van der Waals surface area (Å²) in [6, 6.07) is 9.33. The Morgan fingerprint density at radius 2 is 1.83 bits per heavy atom. The summed E-state index contributed by atoms with van der Waals surface area (Å²) in [7, 11) is 4.54. The lowest BCUT2D eigenvalue weighted by molar-refractivity contribution is -0.137. The molecule has 0 bridgehead atoms. The molecule has 0 spiro atoms. The van der Waals surface area contributed by atoms with Gasteiger partial charge in [-0.25, -0.2) is 4.79 Å². The molecule has 2 aromatic rings. The zero-order valence-electron chi connectivity index (χ0n) is 19.9. The Kier molecular flexibility index (Phi) is 6.35. The summed E-state index contributed by atoms with van der Waals surface area (Å²) in [6.07, 6.45) is -3.65. The van der Waals surface area contributed by atoms with E-state index in [4.69, 9.17) is 0 Å². The maximum absolute atomic E-state index is 13.6. The molecule has 1 heterocycles. The molecular formula is C26H23F3N4O3. The van der Waals surface area contributed by atoms with E-state index in [0.29, 0.717) is 24.1 Å². The Bertz CT molecular complexity index is 1340. The van der Waals surface area contributed by atoms with Crippen molar-refractivity contribution in [2.45, 2.75) is 31.5 Å². The van der Waals surface area contributed by atoms with Crippen LogP contribution >= 0.6 is 0 Å². The van der Waals surface area contributed by atoms with Crippen LogP contribution in [-0.2, 0) is 11.0 Å². The Morgan fingerprint density at radius 3 is 2.47 bits per heavy atom. The van der Waals surface area contributed by atoms with E-state index in [-0.39, 0.29) is 34.6 Å². The van der Waals surface area contributed by atoms with Gasteiger partial charge in [-0.1, -0.05) is 12.1 Å². The quantitative estimate of drug-likeness (QED) is 0.605. The Hall–Kier alpha value is -4.13. The van der Waals surface area contributed by atoms with Crippen LogP contribution in [0.15, 0.2) is 53.7 Å². The van der Waals surface area contributed by atoms with Crippen LogP contribution in [0.25, 0.3) is 0 Å². The summed E-state index contributed by atoms with van der Waals surface area (Å²) in [4.78, 5) is 43.7. The van der Waals surface area contributed by atoms with Gasteiger partial charge in [0.25, 0.3) is 5.91 Å². The molecule has 36 heavy (non-hydrogen) atoms. The minimum Gasteiger partial charge on any atom is -0.345 e. The van der Waals surface area contributed by atoms with Gasteiger partial charge in [-0.05, 0) is 48.7 Å². The molecule has 0 radical (unpaired) electrons. The fourth-order valence-electron chi connectivity index (χ4n) is 4.71. The number of hydrogen-bond donors (Lipinski definition) is 0. The van der Waals surface area contributed by atoms with Crippen molar-refractivity contribution in [1.82, 2.24) is 9.80 Å². The van der Waals surface area contributed by atoms with Crippen LogP contribution < -0.4 is 4.90 Å². The van der Waals surface area contributed by atoms with Crippen molar-refractivity contribution in [2.24, 2.45) is 0 Å². The molecule has 3 amide bonds. The molecule has 0 aromatic heterocycles. The second-order valence-corrected chi connectivity index (χ2v) is 8.93. The normalized spacial score (nSPS) is 18.2. The molecule has 186 valence electrons. The number of carbonyl (C=O) groups is 3. The van der Waals surface area contributed by atoms with Crippen LogP contribution in [0.1, 0.15) is 52.4 Å². The minimum absolute atomic E-state index is 0.00625. The van der Waals surface area contributed by atoms with Gasteiger partial charge in [0.05, 0.1) is 28.9 Å². The Balaban J connectivity index is 1.95. The SMILES string of the molecule is CN(C)C(=O)c1cc(C#N)ccc1C1C2=C(CCCC2=O)N(c2cccc(C(F)(F)F)c2)C(=O)N1C. The highest BCUT2D eigenvalue weighted by atomic mass is 19.4. The van der Waals surface area contributed by atoms with E-state index in [1.54, 1.807) is 20.2 Å². The predicted molar refractivity (Wildman–Crippen MR) is 125 cm³/mol. The zero-order chi connectivity index (χ0) is 26.4. The molecule has 10 heteroatoms. The van der Waals surface area contributed by atoms with Crippen molar-refractivity contribution >= 4 is 23.4 Å². The summed E-state index contributed by atoms with van der Waals surface area (Å²) in [5.74, 6) is -0.654. The number of ketones is 1. The van der Waals surface area contributed by atoms with Crippen LogP contribution in [-0.4, -0.2) is 48.7 Å². The summed E-state index contributed by atoms with van der Waals surface area (Å²) in [5, 5.41) is 9.36. The first-order chi connectivity index (χ1) is 17.0. The maximum atomic E-state index is 13.6. The zero-order valence-corrected chi connectivity index (χ0v) is 19.9. The third-order valence-corrected chi connectivity index (χ3v) is 6.40. The molecule has 1 aliphatic heterocycles. The van der Waals surface area contributed by atoms with E-state index in [1.165, 1.54) is 41.1 Å². The molecule has 0 saturated carbocycles. The number of allylic oxidation sites excluding steroid dienone is 1. The fraction of sp³-hybridized carbons (Fsp3) is 0.308. The topological polar surface area (TPSA) is 84.7 Å². The molecule has 0 fully saturated rings. The van der Waals surface area contributed by atoms with E-state index in [0.717, 1.165) is 17.0 Å². The number of alkyl halides is 3. The molecule has 7 nitrogen and oxygen atoms in total. The van der Waals surface area contributed by atoms with Crippen LogP contribution in [0.5, 0.6) is 0 Å². The highest BCUT2D eigenvalue weighted by Crippen LogP contribution is 2.45. The van der Waals surface area contributed by atoms with Crippen LogP contribution in [0.3, 0.4) is 0 Å². The largest absolute Gasteiger partial charge is 0.416 e. The van der Waals surface area contributed by atoms with E-state index in [2.05, 4.69) is 0 Å². The van der Waals surface area contributed by atoms with Gasteiger partial charge in [0.15, 0.2) is 5.78 Å². The number of rotatable bonds is 3. The average Bonchev–Trinajstić information content (AvgIpc) is 2.84. The summed E-state index contributed by atoms with van der Waals surface area (Å²) in [6.45, 7) is 0. The molecule has 0 N–H and O–H groups in total. The monoisotopic (exact) mass is 496 g/mol. The number of anilines is 1. The van der Waals surface area contributed by atoms with Gasteiger partial charge in [0, 0.05) is 44.4 Å². The lowest BCUT2D eigenvalue weighted by Crippen LogP contribution is -2.50. The van der Waals surface area contributed by atoms with E-state index < -0.39 is 29.7 Å². The van der Waals surface area contributed by atoms with E-state index in [9.17, 15) is 32.8 Å². The van der Waals surface area contributed by atoms with Gasteiger partial charge >= 0.3 is 12.2 Å². The number of nitrogens with zero attached hydrogens (tertiary/aromatic N) is 4. The number of hydrogen-bond acceptors (Lipinski definition) is 4. The third-order valence-electron chi connectivity index (χ3n) is 6.40. The van der Waals surface area contributed by atoms with Crippen LogP contribution in [0.4, 0.5) is 23.7 Å². The van der Waals surface area contributed by atoms with Crippen molar-refractivity contribution in [2.75, 3.05) is 26.0 Å². The highest BCUT2D eigenvalue weighted by molar-refractivity contribution is 6.07. The molecule has 0 saturated heterocycles. The predicted octanol–water partition coefficient (Wildman–Crippen LogP) is 4.90. The van der Waals surface area contributed by atoms with Crippen molar-refractivity contribution in [3.05, 3.63) is 76.0 Å². The van der Waals surface area contributed by atoms with Crippen LogP contribution in [0.2, 0.25) is 0 Å². The first kappa shape index (κ1) is 25.0. The lowest BCUT2D eigenvalue weighted by Gasteiger charge is -2.44. The van der Waals surface area contributed by atoms with Crippen LogP contribution in [0, 0.1) is 11.3 Å². The summed E-state index contributed by atoms with van der Waals surface area (Å²) < 4.78 is 40.2. The molecule has 2 aromatic carbocycles. The van der Waals surface area contributed by atoms with Gasteiger partial charge in [0.2, 0.25) is 0 Å². The molecule has 2 aliphatic rings. The molecule has 1 unspecified atom stereocenters. The number of likely N-dealkylation sites (N-methyl/N-ethyl adjacent to an activating group) is 1. The molecular weight excluding hydrogens is 473 g/mol.